The van der Waals surface area contributed by atoms with Crippen molar-refractivity contribution in [1.82, 2.24) is 0 Å². The quantitative estimate of drug-likeness (QED) is 0.705. The second-order valence-electron chi connectivity index (χ2n) is 4.24. The molecule has 0 aromatic carbocycles. The molecule has 1 atom stereocenters. The molecule has 0 aromatic heterocycles. The zero-order chi connectivity index (χ0) is 9.03. The highest BCUT2D eigenvalue weighted by molar-refractivity contribution is 4.83. The molecule has 1 aliphatic heterocycles. The Hall–Kier alpha value is -0.0800. The molecule has 1 unspecified atom stereocenters. The second-order valence-corrected chi connectivity index (χ2v) is 4.24. The van der Waals surface area contributed by atoms with Crippen LogP contribution in [0.15, 0.2) is 0 Å². The first-order chi connectivity index (χ1) is 5.68. The van der Waals surface area contributed by atoms with Gasteiger partial charge in [-0.2, -0.15) is 0 Å². The summed E-state index contributed by atoms with van der Waals surface area (Å²) in [7, 11) is 0. The normalized spacial score (nSPS) is 31.0. The van der Waals surface area contributed by atoms with Crippen LogP contribution < -0.4 is 0 Å². The van der Waals surface area contributed by atoms with Gasteiger partial charge in [0.25, 0.3) is 0 Å². The summed E-state index contributed by atoms with van der Waals surface area (Å²) in [4.78, 5) is 0. The van der Waals surface area contributed by atoms with Gasteiger partial charge in [-0.1, -0.05) is 13.8 Å². The van der Waals surface area contributed by atoms with E-state index in [0.29, 0.717) is 5.92 Å². The van der Waals surface area contributed by atoms with Gasteiger partial charge in [0.15, 0.2) is 0 Å². The molecule has 1 aliphatic rings. The summed E-state index contributed by atoms with van der Waals surface area (Å²) in [6.07, 6.45) is 4.37. The third-order valence-corrected chi connectivity index (χ3v) is 2.50. The predicted octanol–water partition coefficient (Wildman–Crippen LogP) is 1.96. The largest absolute Gasteiger partial charge is 0.393 e. The molecule has 1 saturated heterocycles. The highest BCUT2D eigenvalue weighted by Gasteiger charge is 2.32. The van der Waals surface area contributed by atoms with Crippen molar-refractivity contribution in [2.24, 2.45) is 5.92 Å². The van der Waals surface area contributed by atoms with Crippen LogP contribution in [0.3, 0.4) is 0 Å². The Balaban J connectivity index is 2.48. The first kappa shape index (κ1) is 10.0. The highest BCUT2D eigenvalue weighted by Crippen LogP contribution is 2.30. The minimum Gasteiger partial charge on any atom is -0.393 e. The van der Waals surface area contributed by atoms with Gasteiger partial charge in [-0.3, -0.25) is 0 Å². The van der Waals surface area contributed by atoms with Crippen molar-refractivity contribution in [2.45, 2.75) is 45.1 Å². The van der Waals surface area contributed by atoms with Crippen LogP contribution in [0.1, 0.15) is 39.5 Å². The van der Waals surface area contributed by atoms with Crippen LogP contribution in [0.25, 0.3) is 0 Å². The van der Waals surface area contributed by atoms with Crippen molar-refractivity contribution >= 4 is 0 Å². The fourth-order valence-corrected chi connectivity index (χ4v) is 2.00. The molecule has 2 nitrogen and oxygen atoms in total. The van der Waals surface area contributed by atoms with E-state index in [1.165, 1.54) is 6.42 Å². The summed E-state index contributed by atoms with van der Waals surface area (Å²) >= 11 is 0. The maximum Gasteiger partial charge on any atom is 0.0914 e. The Morgan fingerprint density at radius 2 is 2.17 bits per heavy atom. The number of hydrogen-bond acceptors (Lipinski definition) is 2. The Morgan fingerprint density at radius 3 is 2.58 bits per heavy atom. The third kappa shape index (κ3) is 2.46. The molecular weight excluding hydrogens is 152 g/mol. The van der Waals surface area contributed by atoms with Crippen LogP contribution in [0.2, 0.25) is 0 Å². The van der Waals surface area contributed by atoms with E-state index in [9.17, 15) is 5.11 Å². The van der Waals surface area contributed by atoms with Crippen LogP contribution in [0, 0.1) is 5.92 Å². The molecule has 1 N–H and O–H groups in total. The molecule has 2 heteroatoms. The molecule has 0 spiro atoms. The molecule has 1 heterocycles. The smallest absolute Gasteiger partial charge is 0.0914 e. The predicted molar refractivity (Wildman–Crippen MR) is 49.1 cm³/mol. The standard InChI is InChI=1S/C10H20O2/c1-9(2)7-10(8-11)5-3-4-6-12-10/h9,11H,3-8H2,1-2H3. The van der Waals surface area contributed by atoms with Crippen molar-refractivity contribution in [3.8, 4) is 0 Å². The SMILES string of the molecule is CC(C)CC1(CO)CCCCO1. The molecule has 0 aliphatic carbocycles. The van der Waals surface area contributed by atoms with E-state index < -0.39 is 0 Å². The zero-order valence-corrected chi connectivity index (χ0v) is 8.18. The maximum absolute atomic E-state index is 9.27. The van der Waals surface area contributed by atoms with Crippen LogP contribution in [-0.4, -0.2) is 23.9 Å². The lowest BCUT2D eigenvalue weighted by Crippen LogP contribution is -2.41. The topological polar surface area (TPSA) is 29.5 Å². The molecule has 72 valence electrons. The molecule has 0 amide bonds. The Labute approximate surface area is 74.9 Å². The summed E-state index contributed by atoms with van der Waals surface area (Å²) in [6, 6.07) is 0. The summed E-state index contributed by atoms with van der Waals surface area (Å²) in [6.45, 7) is 5.36. The third-order valence-electron chi connectivity index (χ3n) is 2.50. The lowest BCUT2D eigenvalue weighted by molar-refractivity contribution is -0.118. The number of rotatable bonds is 3. The van der Waals surface area contributed by atoms with E-state index in [1.54, 1.807) is 0 Å². The van der Waals surface area contributed by atoms with Crippen LogP contribution in [0.5, 0.6) is 0 Å². The van der Waals surface area contributed by atoms with Crippen LogP contribution in [0.4, 0.5) is 0 Å². The number of ether oxygens (including phenoxy) is 1. The van der Waals surface area contributed by atoms with Gasteiger partial charge in [-0.05, 0) is 31.6 Å². The molecular formula is C10H20O2. The average Bonchev–Trinajstić information content (AvgIpc) is 2.05. The van der Waals surface area contributed by atoms with E-state index in [1.807, 2.05) is 0 Å². The summed E-state index contributed by atoms with van der Waals surface area (Å²) < 4.78 is 5.68. The molecule has 12 heavy (non-hydrogen) atoms. The Kier molecular flexibility index (Phi) is 3.53. The Bertz CT molecular complexity index is 126. The van der Waals surface area contributed by atoms with Gasteiger partial charge in [-0.15, -0.1) is 0 Å². The summed E-state index contributed by atoms with van der Waals surface area (Å²) in [5.41, 5.74) is -0.202. The van der Waals surface area contributed by atoms with Gasteiger partial charge < -0.3 is 9.84 Å². The van der Waals surface area contributed by atoms with Gasteiger partial charge in [-0.25, -0.2) is 0 Å². The van der Waals surface area contributed by atoms with E-state index in [-0.39, 0.29) is 12.2 Å². The summed E-state index contributed by atoms with van der Waals surface area (Å²) in [5, 5.41) is 9.27. The Morgan fingerprint density at radius 1 is 1.42 bits per heavy atom. The van der Waals surface area contributed by atoms with Crippen LogP contribution >= 0.6 is 0 Å². The lowest BCUT2D eigenvalue weighted by Gasteiger charge is -2.37. The molecule has 0 bridgehead atoms. The molecule has 1 fully saturated rings. The van der Waals surface area contributed by atoms with Crippen molar-refractivity contribution in [2.75, 3.05) is 13.2 Å². The minimum absolute atomic E-state index is 0.186. The fraction of sp³-hybridized carbons (Fsp3) is 1.00. The lowest BCUT2D eigenvalue weighted by atomic mass is 9.86. The molecule has 0 aromatic rings. The second kappa shape index (κ2) is 4.24. The van der Waals surface area contributed by atoms with Gasteiger partial charge in [0, 0.05) is 6.61 Å². The van der Waals surface area contributed by atoms with Crippen molar-refractivity contribution in [3.63, 3.8) is 0 Å². The number of aliphatic hydroxyl groups is 1. The van der Waals surface area contributed by atoms with E-state index in [4.69, 9.17) is 4.74 Å². The zero-order valence-electron chi connectivity index (χ0n) is 8.18. The van der Waals surface area contributed by atoms with Crippen molar-refractivity contribution < 1.29 is 9.84 Å². The minimum atomic E-state index is -0.202. The van der Waals surface area contributed by atoms with Gasteiger partial charge in [0.1, 0.15) is 0 Å². The molecule has 1 rings (SSSR count). The molecule has 0 saturated carbocycles. The van der Waals surface area contributed by atoms with E-state index in [0.717, 1.165) is 25.9 Å². The highest BCUT2D eigenvalue weighted by atomic mass is 16.5. The number of hydrogen-bond donors (Lipinski definition) is 1. The summed E-state index contributed by atoms with van der Waals surface area (Å²) in [5.74, 6) is 0.607. The van der Waals surface area contributed by atoms with Crippen LogP contribution in [-0.2, 0) is 4.74 Å². The average molecular weight is 172 g/mol. The van der Waals surface area contributed by atoms with Crippen molar-refractivity contribution in [1.29, 1.82) is 0 Å². The fourth-order valence-electron chi connectivity index (χ4n) is 2.00. The maximum atomic E-state index is 9.27. The molecule has 0 radical (unpaired) electrons. The van der Waals surface area contributed by atoms with E-state index >= 15 is 0 Å². The van der Waals surface area contributed by atoms with Gasteiger partial charge >= 0.3 is 0 Å². The van der Waals surface area contributed by atoms with Crippen molar-refractivity contribution in [3.05, 3.63) is 0 Å². The van der Waals surface area contributed by atoms with Gasteiger partial charge in [0.05, 0.1) is 12.2 Å². The van der Waals surface area contributed by atoms with Gasteiger partial charge in [0.2, 0.25) is 0 Å². The first-order valence-electron chi connectivity index (χ1n) is 4.93. The van der Waals surface area contributed by atoms with E-state index in [2.05, 4.69) is 13.8 Å². The first-order valence-corrected chi connectivity index (χ1v) is 4.93. The monoisotopic (exact) mass is 172 g/mol. The number of aliphatic hydroxyl groups excluding tert-OH is 1.